The number of hydrogen-bond acceptors (Lipinski definition) is 6. The number of nitrogens with zero attached hydrogens (tertiary/aromatic N) is 2. The molecular formula is C14H16N2O5S. The standard InChI is InChI=1S/C14H16N2O5S/c1-22(18,19)10-4-6-16(7-5-10)14(17)11-9-13(21-15-11)12-3-2-8-20-12/h2-3,8-10H,4-7H2,1H3. The van der Waals surface area contributed by atoms with Crippen LogP contribution in [0.5, 0.6) is 0 Å². The largest absolute Gasteiger partial charge is 0.461 e. The van der Waals surface area contributed by atoms with Gasteiger partial charge in [-0.1, -0.05) is 5.16 Å². The fraction of sp³-hybridized carbons (Fsp3) is 0.429. The van der Waals surface area contributed by atoms with Gasteiger partial charge in [0.25, 0.3) is 5.91 Å². The summed E-state index contributed by atoms with van der Waals surface area (Å²) in [4.78, 5) is 14.0. The van der Waals surface area contributed by atoms with Crippen LogP contribution in [-0.4, -0.2) is 49.0 Å². The number of rotatable bonds is 3. The number of carbonyl (C=O) groups excluding carboxylic acids is 1. The molecule has 0 saturated carbocycles. The van der Waals surface area contributed by atoms with E-state index in [9.17, 15) is 13.2 Å². The van der Waals surface area contributed by atoms with E-state index >= 15 is 0 Å². The van der Waals surface area contributed by atoms with E-state index in [4.69, 9.17) is 8.94 Å². The third kappa shape index (κ3) is 2.92. The maximum Gasteiger partial charge on any atom is 0.276 e. The molecule has 0 N–H and O–H groups in total. The van der Waals surface area contributed by atoms with Gasteiger partial charge in [-0.3, -0.25) is 4.79 Å². The van der Waals surface area contributed by atoms with E-state index in [0.717, 1.165) is 0 Å². The van der Waals surface area contributed by atoms with Gasteiger partial charge in [-0.05, 0) is 25.0 Å². The minimum absolute atomic E-state index is 0.198. The lowest BCUT2D eigenvalue weighted by Gasteiger charge is -2.30. The Balaban J connectivity index is 1.68. The van der Waals surface area contributed by atoms with Gasteiger partial charge in [-0.2, -0.15) is 0 Å². The zero-order chi connectivity index (χ0) is 15.7. The van der Waals surface area contributed by atoms with Crippen molar-refractivity contribution in [3.63, 3.8) is 0 Å². The fourth-order valence-electron chi connectivity index (χ4n) is 2.56. The minimum Gasteiger partial charge on any atom is -0.461 e. The zero-order valence-corrected chi connectivity index (χ0v) is 12.9. The van der Waals surface area contributed by atoms with E-state index in [1.54, 1.807) is 17.0 Å². The Bertz CT molecular complexity index is 755. The molecule has 2 aromatic heterocycles. The second-order valence-corrected chi connectivity index (χ2v) is 7.70. The first-order valence-corrected chi connectivity index (χ1v) is 8.89. The lowest BCUT2D eigenvalue weighted by atomic mass is 10.1. The highest BCUT2D eigenvalue weighted by Crippen LogP contribution is 2.23. The zero-order valence-electron chi connectivity index (χ0n) is 12.1. The molecule has 2 aromatic rings. The Morgan fingerprint density at radius 2 is 2.05 bits per heavy atom. The van der Waals surface area contributed by atoms with Crippen molar-refractivity contribution in [3.05, 3.63) is 30.2 Å². The lowest BCUT2D eigenvalue weighted by Crippen LogP contribution is -2.42. The Hall–Kier alpha value is -2.09. The smallest absolute Gasteiger partial charge is 0.276 e. The number of sulfone groups is 1. The van der Waals surface area contributed by atoms with Crippen molar-refractivity contribution in [2.24, 2.45) is 0 Å². The molecule has 1 aliphatic heterocycles. The summed E-state index contributed by atoms with van der Waals surface area (Å²) < 4.78 is 33.3. The van der Waals surface area contributed by atoms with Gasteiger partial charge in [0.1, 0.15) is 9.84 Å². The van der Waals surface area contributed by atoms with Crippen LogP contribution < -0.4 is 0 Å². The molecule has 1 amide bonds. The number of aromatic nitrogens is 1. The summed E-state index contributed by atoms with van der Waals surface area (Å²) in [6.07, 6.45) is 3.65. The molecule has 0 bridgehead atoms. The van der Waals surface area contributed by atoms with E-state index in [1.807, 2.05) is 0 Å². The molecule has 8 heteroatoms. The average molecular weight is 324 g/mol. The maximum atomic E-state index is 12.4. The summed E-state index contributed by atoms with van der Waals surface area (Å²) in [5.74, 6) is 0.634. The van der Waals surface area contributed by atoms with Gasteiger partial charge in [0.2, 0.25) is 5.76 Å². The van der Waals surface area contributed by atoms with Crippen molar-refractivity contribution in [1.29, 1.82) is 0 Å². The van der Waals surface area contributed by atoms with E-state index < -0.39 is 9.84 Å². The normalized spacial score (nSPS) is 16.9. The van der Waals surface area contributed by atoms with Gasteiger partial charge in [0, 0.05) is 25.4 Å². The molecule has 0 atom stereocenters. The van der Waals surface area contributed by atoms with Crippen molar-refractivity contribution >= 4 is 15.7 Å². The summed E-state index contributed by atoms with van der Waals surface area (Å²) >= 11 is 0. The van der Waals surface area contributed by atoms with Crippen molar-refractivity contribution in [2.45, 2.75) is 18.1 Å². The van der Waals surface area contributed by atoms with Crippen LogP contribution in [0, 0.1) is 0 Å². The number of hydrogen-bond donors (Lipinski definition) is 0. The third-order valence-corrected chi connectivity index (χ3v) is 5.51. The van der Waals surface area contributed by atoms with Gasteiger partial charge in [0.05, 0.1) is 11.5 Å². The highest BCUT2D eigenvalue weighted by atomic mass is 32.2. The molecule has 0 aliphatic carbocycles. The SMILES string of the molecule is CS(=O)(=O)C1CCN(C(=O)c2cc(-c3ccco3)on2)CC1. The van der Waals surface area contributed by atoms with Crippen LogP contribution >= 0.6 is 0 Å². The molecule has 0 aromatic carbocycles. The molecule has 7 nitrogen and oxygen atoms in total. The van der Waals surface area contributed by atoms with E-state index in [-0.39, 0.29) is 16.9 Å². The van der Waals surface area contributed by atoms with Crippen LogP contribution in [-0.2, 0) is 9.84 Å². The predicted octanol–water partition coefficient (Wildman–Crippen LogP) is 1.58. The maximum absolute atomic E-state index is 12.4. The molecule has 118 valence electrons. The molecule has 0 radical (unpaired) electrons. The molecule has 1 aliphatic rings. The van der Waals surface area contributed by atoms with Gasteiger partial charge in [-0.15, -0.1) is 0 Å². The summed E-state index contributed by atoms with van der Waals surface area (Å²) in [6, 6.07) is 4.96. The monoisotopic (exact) mass is 324 g/mol. The third-order valence-electron chi connectivity index (χ3n) is 3.83. The lowest BCUT2D eigenvalue weighted by molar-refractivity contribution is 0.0715. The van der Waals surface area contributed by atoms with E-state index in [2.05, 4.69) is 5.16 Å². The quantitative estimate of drug-likeness (QED) is 0.851. The van der Waals surface area contributed by atoms with Crippen molar-refractivity contribution in [1.82, 2.24) is 10.1 Å². The van der Waals surface area contributed by atoms with Gasteiger partial charge < -0.3 is 13.8 Å². The van der Waals surface area contributed by atoms with E-state index in [0.29, 0.717) is 37.5 Å². The fourth-order valence-corrected chi connectivity index (χ4v) is 3.63. The first-order chi connectivity index (χ1) is 10.4. The Morgan fingerprint density at radius 3 is 2.64 bits per heavy atom. The summed E-state index contributed by atoms with van der Waals surface area (Å²) in [7, 11) is -3.05. The van der Waals surface area contributed by atoms with Crippen LogP contribution in [0.2, 0.25) is 0 Å². The molecule has 1 fully saturated rings. The van der Waals surface area contributed by atoms with Crippen molar-refractivity contribution < 1.29 is 22.2 Å². The number of amides is 1. The Labute approximate surface area is 127 Å². The molecule has 0 spiro atoms. The molecule has 3 rings (SSSR count). The van der Waals surface area contributed by atoms with Crippen LogP contribution in [0.15, 0.2) is 33.4 Å². The number of carbonyl (C=O) groups is 1. The molecule has 0 unspecified atom stereocenters. The molecule has 3 heterocycles. The van der Waals surface area contributed by atoms with Gasteiger partial charge in [0.15, 0.2) is 11.5 Å². The van der Waals surface area contributed by atoms with Gasteiger partial charge >= 0.3 is 0 Å². The highest BCUT2D eigenvalue weighted by Gasteiger charge is 2.30. The first-order valence-electron chi connectivity index (χ1n) is 6.94. The molecule has 1 saturated heterocycles. The minimum atomic E-state index is -3.05. The van der Waals surface area contributed by atoms with Crippen LogP contribution in [0.25, 0.3) is 11.5 Å². The van der Waals surface area contributed by atoms with E-state index in [1.165, 1.54) is 18.6 Å². The van der Waals surface area contributed by atoms with Crippen LogP contribution in [0.4, 0.5) is 0 Å². The van der Waals surface area contributed by atoms with Gasteiger partial charge in [-0.25, -0.2) is 8.42 Å². The Morgan fingerprint density at radius 1 is 1.32 bits per heavy atom. The second-order valence-electron chi connectivity index (χ2n) is 5.37. The first kappa shape index (κ1) is 14.8. The number of piperidine rings is 1. The molecular weight excluding hydrogens is 308 g/mol. The average Bonchev–Trinajstić information content (AvgIpc) is 3.16. The second kappa shape index (κ2) is 5.60. The molecule has 22 heavy (non-hydrogen) atoms. The summed E-state index contributed by atoms with van der Waals surface area (Å²) in [5, 5.41) is 3.40. The van der Waals surface area contributed by atoms with Crippen LogP contribution in [0.1, 0.15) is 23.3 Å². The van der Waals surface area contributed by atoms with Crippen molar-refractivity contribution in [3.8, 4) is 11.5 Å². The number of furan rings is 1. The predicted molar refractivity (Wildman–Crippen MR) is 78.0 cm³/mol. The Kier molecular flexibility index (Phi) is 3.78. The summed E-state index contributed by atoms with van der Waals surface area (Å²) in [6.45, 7) is 0.805. The topological polar surface area (TPSA) is 93.6 Å². The van der Waals surface area contributed by atoms with Crippen molar-refractivity contribution in [2.75, 3.05) is 19.3 Å². The summed E-state index contributed by atoms with van der Waals surface area (Å²) in [5.41, 5.74) is 0.198. The highest BCUT2D eigenvalue weighted by molar-refractivity contribution is 7.91. The van der Waals surface area contributed by atoms with Crippen LogP contribution in [0.3, 0.4) is 0 Å². The number of likely N-dealkylation sites (tertiary alicyclic amines) is 1.